The maximum Gasteiger partial charge on any atom is 0.236 e. The Labute approximate surface area is 181 Å². The van der Waals surface area contributed by atoms with E-state index >= 15 is 0 Å². The van der Waals surface area contributed by atoms with Crippen molar-refractivity contribution in [3.05, 3.63) is 48.0 Å². The standard InChI is InChI=1S/C23H24N2O5S/c1-16-5-7-17(8-6-16)21-24-22(23(30-21)25-11-3-2-4-12-25)31(26,27)18-9-10-19-20(15-18)29-14-13-28-19/h5-10,15H,2-4,11-14H2,1H3. The van der Waals surface area contributed by atoms with Crippen molar-refractivity contribution in [1.29, 1.82) is 0 Å². The third-order valence-electron chi connectivity index (χ3n) is 5.60. The van der Waals surface area contributed by atoms with E-state index in [2.05, 4.69) is 4.98 Å². The first kappa shape index (κ1) is 19.9. The summed E-state index contributed by atoms with van der Waals surface area (Å²) in [5.74, 6) is 1.58. The van der Waals surface area contributed by atoms with Crippen molar-refractivity contribution in [1.82, 2.24) is 4.98 Å². The highest BCUT2D eigenvalue weighted by molar-refractivity contribution is 7.91. The van der Waals surface area contributed by atoms with Gasteiger partial charge in [0.1, 0.15) is 13.2 Å². The third-order valence-corrected chi connectivity index (χ3v) is 7.25. The smallest absolute Gasteiger partial charge is 0.236 e. The molecular formula is C23H24N2O5S. The molecule has 0 N–H and O–H groups in total. The molecule has 0 amide bonds. The van der Waals surface area contributed by atoms with Crippen LogP contribution in [0.1, 0.15) is 24.8 Å². The molecule has 1 saturated heterocycles. The summed E-state index contributed by atoms with van der Waals surface area (Å²) in [6.45, 7) is 4.31. The van der Waals surface area contributed by atoms with Gasteiger partial charge >= 0.3 is 0 Å². The fraction of sp³-hybridized carbons (Fsp3) is 0.348. The van der Waals surface area contributed by atoms with Gasteiger partial charge in [0.25, 0.3) is 0 Å². The summed E-state index contributed by atoms with van der Waals surface area (Å²) in [6.07, 6.45) is 3.11. The molecule has 0 unspecified atom stereocenters. The molecule has 5 rings (SSSR count). The van der Waals surface area contributed by atoms with Crippen LogP contribution in [0.15, 0.2) is 56.8 Å². The van der Waals surface area contributed by atoms with E-state index in [1.54, 1.807) is 6.07 Å². The minimum absolute atomic E-state index is 0.0540. The Morgan fingerprint density at radius 3 is 2.35 bits per heavy atom. The van der Waals surface area contributed by atoms with Crippen molar-refractivity contribution in [2.45, 2.75) is 36.1 Å². The number of piperidine rings is 1. The van der Waals surface area contributed by atoms with Gasteiger partial charge in [0.15, 0.2) is 11.5 Å². The molecule has 0 bridgehead atoms. The molecule has 1 aromatic heterocycles. The van der Waals surface area contributed by atoms with Crippen LogP contribution < -0.4 is 14.4 Å². The lowest BCUT2D eigenvalue weighted by atomic mass is 10.1. The quantitative estimate of drug-likeness (QED) is 0.600. The summed E-state index contributed by atoms with van der Waals surface area (Å²) < 4.78 is 44.5. The molecule has 7 nitrogen and oxygen atoms in total. The maximum absolute atomic E-state index is 13.6. The molecule has 1 fully saturated rings. The second-order valence-corrected chi connectivity index (χ2v) is 9.72. The summed E-state index contributed by atoms with van der Waals surface area (Å²) in [5, 5.41) is -0.0540. The molecule has 0 saturated carbocycles. The predicted octanol–water partition coefficient (Wildman–Crippen LogP) is 4.24. The number of hydrogen-bond acceptors (Lipinski definition) is 7. The Bertz CT molecular complexity index is 1200. The van der Waals surface area contributed by atoms with Crippen LogP contribution in [0.5, 0.6) is 11.5 Å². The van der Waals surface area contributed by atoms with Gasteiger partial charge in [0.05, 0.1) is 4.90 Å². The van der Waals surface area contributed by atoms with E-state index in [4.69, 9.17) is 13.9 Å². The number of hydrogen-bond donors (Lipinski definition) is 0. The second kappa shape index (κ2) is 7.92. The average Bonchev–Trinajstić information content (AvgIpc) is 3.26. The predicted molar refractivity (Wildman–Crippen MR) is 116 cm³/mol. The Kier molecular flexibility index (Phi) is 5.09. The molecule has 2 aliphatic heterocycles. The van der Waals surface area contributed by atoms with Crippen molar-refractivity contribution in [2.75, 3.05) is 31.2 Å². The number of ether oxygens (including phenoxy) is 2. The SMILES string of the molecule is Cc1ccc(-c2nc(S(=O)(=O)c3ccc4c(c3)OCCO4)c(N3CCCCC3)o2)cc1. The number of sulfone groups is 1. The van der Waals surface area contributed by atoms with Crippen LogP contribution in [0.25, 0.3) is 11.5 Å². The third kappa shape index (κ3) is 3.76. The first-order valence-electron chi connectivity index (χ1n) is 10.5. The van der Waals surface area contributed by atoms with Crippen LogP contribution in [0, 0.1) is 6.92 Å². The minimum Gasteiger partial charge on any atom is -0.486 e. The maximum atomic E-state index is 13.6. The Morgan fingerprint density at radius 2 is 1.61 bits per heavy atom. The number of aryl methyl sites for hydroxylation is 1. The van der Waals surface area contributed by atoms with E-state index in [1.807, 2.05) is 36.1 Å². The van der Waals surface area contributed by atoms with Crippen LogP contribution in [0.2, 0.25) is 0 Å². The van der Waals surface area contributed by atoms with E-state index < -0.39 is 9.84 Å². The number of fused-ring (bicyclic) bond motifs is 1. The largest absolute Gasteiger partial charge is 0.486 e. The number of benzene rings is 2. The van der Waals surface area contributed by atoms with Gasteiger partial charge in [0.2, 0.25) is 26.6 Å². The first-order chi connectivity index (χ1) is 15.0. The van der Waals surface area contributed by atoms with Gasteiger partial charge in [0, 0.05) is 24.7 Å². The highest BCUT2D eigenvalue weighted by atomic mass is 32.2. The summed E-state index contributed by atoms with van der Waals surface area (Å²) in [5.41, 5.74) is 1.85. The van der Waals surface area contributed by atoms with Crippen molar-refractivity contribution in [2.24, 2.45) is 0 Å². The molecule has 162 valence electrons. The highest BCUT2D eigenvalue weighted by Gasteiger charge is 2.33. The van der Waals surface area contributed by atoms with Gasteiger partial charge < -0.3 is 18.8 Å². The summed E-state index contributed by atoms with van der Waals surface area (Å²) in [6, 6.07) is 12.4. The van der Waals surface area contributed by atoms with E-state index in [0.29, 0.717) is 36.5 Å². The van der Waals surface area contributed by atoms with Crippen LogP contribution in [0.4, 0.5) is 5.88 Å². The van der Waals surface area contributed by atoms with E-state index in [0.717, 1.165) is 43.5 Å². The summed E-state index contributed by atoms with van der Waals surface area (Å²) in [4.78, 5) is 6.57. The lowest BCUT2D eigenvalue weighted by Gasteiger charge is -2.26. The lowest BCUT2D eigenvalue weighted by molar-refractivity contribution is 0.171. The zero-order valence-corrected chi connectivity index (χ0v) is 18.2. The van der Waals surface area contributed by atoms with E-state index in [9.17, 15) is 8.42 Å². The van der Waals surface area contributed by atoms with Crippen LogP contribution in [0.3, 0.4) is 0 Å². The molecule has 0 atom stereocenters. The molecule has 8 heteroatoms. The highest BCUT2D eigenvalue weighted by Crippen LogP contribution is 2.38. The fourth-order valence-corrected chi connectivity index (χ4v) is 5.23. The average molecular weight is 441 g/mol. The minimum atomic E-state index is -3.93. The number of oxazole rings is 1. The van der Waals surface area contributed by atoms with Gasteiger partial charge in [-0.05, 0) is 50.5 Å². The van der Waals surface area contributed by atoms with Crippen LogP contribution in [-0.2, 0) is 9.84 Å². The van der Waals surface area contributed by atoms with Crippen molar-refractivity contribution in [3.63, 3.8) is 0 Å². The van der Waals surface area contributed by atoms with Gasteiger partial charge in [-0.3, -0.25) is 0 Å². The molecular weight excluding hydrogens is 416 g/mol. The fourth-order valence-electron chi connectivity index (χ4n) is 3.89. The Morgan fingerprint density at radius 1 is 0.903 bits per heavy atom. The van der Waals surface area contributed by atoms with E-state index in [-0.39, 0.29) is 9.92 Å². The molecule has 0 aliphatic carbocycles. The number of anilines is 1. The summed E-state index contributed by atoms with van der Waals surface area (Å²) >= 11 is 0. The zero-order chi connectivity index (χ0) is 21.4. The molecule has 2 aromatic carbocycles. The Hall–Kier alpha value is -3.00. The Balaban J connectivity index is 1.61. The number of rotatable bonds is 4. The van der Waals surface area contributed by atoms with Gasteiger partial charge in [-0.1, -0.05) is 17.7 Å². The van der Waals surface area contributed by atoms with Gasteiger partial charge in [-0.15, -0.1) is 0 Å². The van der Waals surface area contributed by atoms with Gasteiger partial charge in [-0.2, -0.15) is 4.98 Å². The van der Waals surface area contributed by atoms with Crippen molar-refractivity contribution in [3.8, 4) is 23.0 Å². The van der Waals surface area contributed by atoms with Crippen LogP contribution in [-0.4, -0.2) is 39.7 Å². The lowest BCUT2D eigenvalue weighted by Crippen LogP contribution is -2.30. The molecule has 3 aromatic rings. The second-order valence-electron chi connectivity index (χ2n) is 7.85. The molecule has 0 radical (unpaired) electrons. The van der Waals surface area contributed by atoms with E-state index in [1.165, 1.54) is 12.1 Å². The number of nitrogens with zero attached hydrogens (tertiary/aromatic N) is 2. The van der Waals surface area contributed by atoms with Crippen LogP contribution >= 0.6 is 0 Å². The zero-order valence-electron chi connectivity index (χ0n) is 17.3. The molecule has 3 heterocycles. The molecule has 0 spiro atoms. The monoisotopic (exact) mass is 440 g/mol. The summed E-state index contributed by atoms with van der Waals surface area (Å²) in [7, 11) is -3.93. The first-order valence-corrected chi connectivity index (χ1v) is 12.0. The normalized spacial score (nSPS) is 16.4. The molecule has 2 aliphatic rings. The van der Waals surface area contributed by atoms with Crippen molar-refractivity contribution < 1.29 is 22.3 Å². The van der Waals surface area contributed by atoms with Crippen molar-refractivity contribution >= 4 is 15.7 Å². The molecule has 31 heavy (non-hydrogen) atoms. The topological polar surface area (TPSA) is 81.9 Å². The number of aromatic nitrogens is 1. The van der Waals surface area contributed by atoms with Gasteiger partial charge in [-0.25, -0.2) is 8.42 Å².